The molecule has 0 N–H and O–H groups in total. The molecule has 1 aliphatic heterocycles. The molecule has 4 atom stereocenters. The number of fused-ring (bicyclic) bond motifs is 1. The predicted octanol–water partition coefficient (Wildman–Crippen LogP) is 2.42. The maximum absolute atomic E-state index is 12.5. The van der Waals surface area contributed by atoms with Crippen molar-refractivity contribution >= 4 is 40.6 Å². The number of hydrazone groups is 1. The highest BCUT2D eigenvalue weighted by molar-refractivity contribution is 14.1. The minimum atomic E-state index is -0.213. The summed E-state index contributed by atoms with van der Waals surface area (Å²) in [6, 6.07) is 3.56. The minimum Gasteiger partial charge on any atom is -0.449 e. The van der Waals surface area contributed by atoms with Crippen molar-refractivity contribution in [2.45, 2.75) is 12.8 Å². The van der Waals surface area contributed by atoms with Gasteiger partial charge in [0.15, 0.2) is 3.77 Å². The van der Waals surface area contributed by atoms with Crippen molar-refractivity contribution in [3.63, 3.8) is 0 Å². The average Bonchev–Trinajstić information content (AvgIpc) is 3.03. The summed E-state index contributed by atoms with van der Waals surface area (Å²) in [5.41, 5.74) is 0. The fourth-order valence-corrected chi connectivity index (χ4v) is 4.12. The average molecular weight is 396 g/mol. The van der Waals surface area contributed by atoms with Crippen molar-refractivity contribution in [2.75, 3.05) is 0 Å². The first-order valence-corrected chi connectivity index (χ1v) is 8.08. The van der Waals surface area contributed by atoms with Crippen LogP contribution in [-0.2, 0) is 9.59 Å². The van der Waals surface area contributed by atoms with Gasteiger partial charge in [0.25, 0.3) is 11.8 Å². The molecule has 2 fully saturated rings. The molecule has 2 amide bonds. The number of hydrogen-bond donors (Lipinski definition) is 0. The van der Waals surface area contributed by atoms with Gasteiger partial charge < -0.3 is 4.42 Å². The number of imide groups is 1. The van der Waals surface area contributed by atoms with E-state index in [-0.39, 0.29) is 35.5 Å². The van der Waals surface area contributed by atoms with Gasteiger partial charge in [-0.15, -0.1) is 0 Å². The Hall–Kier alpha value is -1.44. The monoisotopic (exact) mass is 396 g/mol. The fraction of sp³-hybridized carbons (Fsp3) is 0.400. The molecule has 0 radical (unpaired) electrons. The number of amides is 2. The van der Waals surface area contributed by atoms with E-state index < -0.39 is 0 Å². The van der Waals surface area contributed by atoms with Crippen molar-refractivity contribution in [3.05, 3.63) is 33.8 Å². The van der Waals surface area contributed by atoms with Crippen molar-refractivity contribution < 1.29 is 14.0 Å². The highest BCUT2D eigenvalue weighted by Gasteiger charge is 2.56. The molecule has 5 rings (SSSR count). The summed E-state index contributed by atoms with van der Waals surface area (Å²) in [6.07, 6.45) is 7.63. The van der Waals surface area contributed by atoms with Crippen LogP contribution in [0.4, 0.5) is 0 Å². The zero-order valence-corrected chi connectivity index (χ0v) is 13.3. The number of allylic oxidation sites excluding steroid dienone is 2. The third kappa shape index (κ3) is 1.99. The van der Waals surface area contributed by atoms with Crippen LogP contribution in [0, 0.1) is 27.4 Å². The molecule has 5 nitrogen and oxygen atoms in total. The first-order valence-electron chi connectivity index (χ1n) is 7.00. The first kappa shape index (κ1) is 13.2. The second-order valence-corrected chi connectivity index (χ2v) is 6.78. The van der Waals surface area contributed by atoms with Gasteiger partial charge in [-0.25, -0.2) is 0 Å². The Morgan fingerprint density at radius 1 is 1.14 bits per heavy atom. The maximum Gasteiger partial charge on any atom is 0.254 e. The molecule has 1 aromatic heterocycles. The zero-order valence-electron chi connectivity index (χ0n) is 11.1. The molecule has 21 heavy (non-hydrogen) atoms. The Balaban J connectivity index is 1.62. The highest BCUT2D eigenvalue weighted by atomic mass is 127. The molecule has 4 aliphatic rings. The van der Waals surface area contributed by atoms with Crippen LogP contribution < -0.4 is 0 Å². The van der Waals surface area contributed by atoms with Gasteiger partial charge in [0, 0.05) is 0 Å². The van der Waals surface area contributed by atoms with E-state index in [0.717, 1.165) is 21.6 Å². The summed E-state index contributed by atoms with van der Waals surface area (Å²) in [6.45, 7) is 0. The maximum atomic E-state index is 12.5. The van der Waals surface area contributed by atoms with E-state index in [0.29, 0.717) is 5.76 Å². The van der Waals surface area contributed by atoms with Crippen molar-refractivity contribution in [3.8, 4) is 0 Å². The van der Waals surface area contributed by atoms with Crippen LogP contribution in [0.15, 0.2) is 33.8 Å². The van der Waals surface area contributed by atoms with Crippen LogP contribution in [0.25, 0.3) is 0 Å². The van der Waals surface area contributed by atoms with E-state index in [4.69, 9.17) is 4.42 Å². The lowest BCUT2D eigenvalue weighted by Gasteiger charge is -2.37. The SMILES string of the molecule is O=C1C2C3C=CC(CC3)C2C(=O)N1/N=C\c1ccc(I)o1. The largest absolute Gasteiger partial charge is 0.449 e. The molecular weight excluding hydrogens is 383 g/mol. The second kappa shape index (κ2) is 4.79. The highest BCUT2D eigenvalue weighted by Crippen LogP contribution is 2.49. The second-order valence-electron chi connectivity index (χ2n) is 5.72. The third-order valence-corrected chi connectivity index (χ3v) is 5.21. The van der Waals surface area contributed by atoms with E-state index in [1.807, 2.05) is 0 Å². The van der Waals surface area contributed by atoms with Crippen LogP contribution in [-0.4, -0.2) is 23.0 Å². The van der Waals surface area contributed by atoms with E-state index >= 15 is 0 Å². The van der Waals surface area contributed by atoms with E-state index in [1.54, 1.807) is 12.1 Å². The van der Waals surface area contributed by atoms with Gasteiger partial charge in [-0.1, -0.05) is 12.2 Å². The summed E-state index contributed by atoms with van der Waals surface area (Å²) >= 11 is 2.05. The molecule has 1 saturated heterocycles. The smallest absolute Gasteiger partial charge is 0.254 e. The van der Waals surface area contributed by atoms with Gasteiger partial charge in [-0.05, 0) is 59.4 Å². The van der Waals surface area contributed by atoms with Gasteiger partial charge in [0.05, 0.1) is 18.1 Å². The normalized spacial score (nSPS) is 34.2. The number of nitrogens with zero attached hydrogens (tertiary/aromatic N) is 2. The lowest BCUT2D eigenvalue weighted by molar-refractivity contribution is -0.140. The summed E-state index contributed by atoms with van der Waals surface area (Å²) < 4.78 is 6.10. The summed E-state index contributed by atoms with van der Waals surface area (Å²) in [5.74, 6) is 0.173. The van der Waals surface area contributed by atoms with Crippen molar-refractivity contribution in [1.82, 2.24) is 5.01 Å². The first-order chi connectivity index (χ1) is 10.1. The van der Waals surface area contributed by atoms with Crippen molar-refractivity contribution in [2.24, 2.45) is 28.8 Å². The molecular formula is C15H13IN2O3. The minimum absolute atomic E-state index is 0.165. The van der Waals surface area contributed by atoms with Crippen LogP contribution >= 0.6 is 22.6 Å². The predicted molar refractivity (Wildman–Crippen MR) is 83.2 cm³/mol. The zero-order chi connectivity index (χ0) is 14.6. The van der Waals surface area contributed by atoms with Gasteiger partial charge in [0.2, 0.25) is 0 Å². The van der Waals surface area contributed by atoms with E-state index in [2.05, 4.69) is 39.8 Å². The van der Waals surface area contributed by atoms with Crippen LogP contribution in [0.2, 0.25) is 0 Å². The Bertz CT molecular complexity index is 646. The Labute approximate surface area is 135 Å². The van der Waals surface area contributed by atoms with E-state index in [1.165, 1.54) is 6.21 Å². The van der Waals surface area contributed by atoms with Crippen molar-refractivity contribution in [1.29, 1.82) is 0 Å². The standard InChI is InChI=1S/C15H13IN2O3/c16-11-6-5-10(21-11)7-17-18-14(19)12-8-1-2-9(4-3-8)13(12)15(18)20/h1-2,5-9,12-13H,3-4H2/b17-7-. The van der Waals surface area contributed by atoms with Gasteiger partial charge >= 0.3 is 0 Å². The van der Waals surface area contributed by atoms with Crippen LogP contribution in [0.1, 0.15) is 18.6 Å². The van der Waals surface area contributed by atoms with Crippen LogP contribution in [0.3, 0.4) is 0 Å². The number of furan rings is 1. The van der Waals surface area contributed by atoms with Gasteiger partial charge in [-0.2, -0.15) is 10.1 Å². The lowest BCUT2D eigenvalue weighted by Crippen LogP contribution is -2.38. The molecule has 0 aromatic carbocycles. The topological polar surface area (TPSA) is 62.9 Å². The summed E-state index contributed by atoms with van der Waals surface area (Å²) in [7, 11) is 0. The molecule has 0 spiro atoms. The molecule has 1 saturated carbocycles. The summed E-state index contributed by atoms with van der Waals surface area (Å²) in [4.78, 5) is 25.0. The van der Waals surface area contributed by atoms with Crippen LogP contribution in [0.5, 0.6) is 0 Å². The number of hydrogen-bond acceptors (Lipinski definition) is 4. The lowest BCUT2D eigenvalue weighted by atomic mass is 9.63. The third-order valence-electron chi connectivity index (χ3n) is 4.63. The Kier molecular flexibility index (Phi) is 3.02. The Morgan fingerprint density at radius 3 is 2.24 bits per heavy atom. The molecule has 4 unspecified atom stereocenters. The summed E-state index contributed by atoms with van der Waals surface area (Å²) in [5, 5.41) is 5.12. The molecule has 2 bridgehead atoms. The molecule has 2 heterocycles. The molecule has 1 aromatic rings. The number of carbonyl (C=O) groups is 2. The Morgan fingerprint density at radius 2 is 1.76 bits per heavy atom. The molecule has 3 aliphatic carbocycles. The molecule has 6 heteroatoms. The van der Waals surface area contributed by atoms with Gasteiger partial charge in [0.1, 0.15) is 5.76 Å². The fourth-order valence-electron chi connectivity index (χ4n) is 3.68. The quantitative estimate of drug-likeness (QED) is 0.334. The molecule has 108 valence electrons. The van der Waals surface area contributed by atoms with Gasteiger partial charge in [-0.3, -0.25) is 9.59 Å². The number of rotatable bonds is 2. The number of halogens is 1. The van der Waals surface area contributed by atoms with E-state index in [9.17, 15) is 9.59 Å². The number of carbonyl (C=O) groups excluding carboxylic acids is 2.